The van der Waals surface area contributed by atoms with E-state index in [0.717, 1.165) is 0 Å². The van der Waals surface area contributed by atoms with Crippen molar-refractivity contribution in [2.24, 2.45) is 5.73 Å². The van der Waals surface area contributed by atoms with Crippen LogP contribution in [0.25, 0.3) is 0 Å². The lowest BCUT2D eigenvalue weighted by molar-refractivity contribution is 0.123. The van der Waals surface area contributed by atoms with Crippen LogP contribution in [0.15, 0.2) is 24.3 Å². The van der Waals surface area contributed by atoms with Crippen LogP contribution in [0.3, 0.4) is 0 Å². The Morgan fingerprint density at radius 1 is 1.18 bits per heavy atom. The third-order valence-corrected chi connectivity index (χ3v) is 4.46. The Morgan fingerprint density at radius 3 is 2.29 bits per heavy atom. The molecule has 17 heavy (non-hydrogen) atoms. The quantitative estimate of drug-likeness (QED) is 0.868. The summed E-state index contributed by atoms with van der Waals surface area (Å²) >= 11 is 0. The monoisotopic (exact) mass is 232 g/mol. The van der Waals surface area contributed by atoms with Crippen molar-refractivity contribution in [3.05, 3.63) is 35.4 Å². The molecular weight excluding hydrogens is 208 g/mol. The van der Waals surface area contributed by atoms with Gasteiger partial charge in [-0.1, -0.05) is 37.1 Å². The normalized spacial score (nSPS) is 20.8. The van der Waals surface area contributed by atoms with Gasteiger partial charge in [0, 0.05) is 11.6 Å². The van der Waals surface area contributed by atoms with Gasteiger partial charge in [0.1, 0.15) is 0 Å². The first-order valence-corrected chi connectivity index (χ1v) is 6.56. The van der Waals surface area contributed by atoms with Gasteiger partial charge in [0.05, 0.1) is 0 Å². The van der Waals surface area contributed by atoms with Crippen molar-refractivity contribution in [1.29, 1.82) is 0 Å². The molecule has 2 nitrogen and oxygen atoms in total. The molecule has 2 N–H and O–H groups in total. The molecule has 0 aromatic heterocycles. The number of aryl methyl sites for hydroxylation is 1. The summed E-state index contributed by atoms with van der Waals surface area (Å²) in [4.78, 5) is 2.34. The molecule has 0 amide bonds. The van der Waals surface area contributed by atoms with Gasteiger partial charge in [0.2, 0.25) is 0 Å². The minimum Gasteiger partial charge on any atom is -0.322 e. The van der Waals surface area contributed by atoms with Crippen LogP contribution in [0.2, 0.25) is 0 Å². The van der Waals surface area contributed by atoms with Crippen LogP contribution in [0, 0.1) is 6.92 Å². The Bertz CT molecular complexity index is 378. The molecule has 0 spiro atoms. The molecule has 1 aliphatic carbocycles. The van der Waals surface area contributed by atoms with Gasteiger partial charge < -0.3 is 10.6 Å². The molecule has 0 bridgehead atoms. The first-order valence-electron chi connectivity index (χ1n) is 6.56. The summed E-state index contributed by atoms with van der Waals surface area (Å²) in [5.41, 5.74) is 9.38. The Balaban J connectivity index is 2.35. The van der Waals surface area contributed by atoms with Crippen molar-refractivity contribution in [3.8, 4) is 0 Å². The van der Waals surface area contributed by atoms with Gasteiger partial charge in [0.15, 0.2) is 0 Å². The average Bonchev–Trinajstić information content (AvgIpc) is 2.79. The molecule has 1 fully saturated rings. The number of nitrogens with two attached hydrogens (primary N) is 1. The molecule has 2 rings (SSSR count). The van der Waals surface area contributed by atoms with E-state index in [1.807, 2.05) is 0 Å². The van der Waals surface area contributed by atoms with Crippen molar-refractivity contribution < 1.29 is 0 Å². The van der Waals surface area contributed by atoms with E-state index in [9.17, 15) is 0 Å². The first-order chi connectivity index (χ1) is 8.08. The Morgan fingerprint density at radius 2 is 1.76 bits per heavy atom. The highest BCUT2D eigenvalue weighted by molar-refractivity contribution is 5.31. The van der Waals surface area contributed by atoms with Crippen LogP contribution in [-0.4, -0.2) is 24.5 Å². The number of hydrogen-bond donors (Lipinski definition) is 1. The van der Waals surface area contributed by atoms with E-state index in [1.165, 1.54) is 36.8 Å². The van der Waals surface area contributed by atoms with Crippen molar-refractivity contribution in [3.63, 3.8) is 0 Å². The van der Waals surface area contributed by atoms with E-state index < -0.39 is 0 Å². The van der Waals surface area contributed by atoms with Crippen molar-refractivity contribution in [2.45, 2.75) is 44.2 Å². The maximum Gasteiger partial charge on any atom is 0.0484 e. The summed E-state index contributed by atoms with van der Waals surface area (Å²) in [6.07, 6.45) is 5.04. The molecule has 0 radical (unpaired) electrons. The van der Waals surface area contributed by atoms with E-state index in [-0.39, 0.29) is 11.6 Å². The molecule has 1 unspecified atom stereocenters. The van der Waals surface area contributed by atoms with Gasteiger partial charge in [-0.2, -0.15) is 0 Å². The van der Waals surface area contributed by atoms with Crippen LogP contribution in [-0.2, 0) is 0 Å². The second-order valence-electron chi connectivity index (χ2n) is 5.54. The highest BCUT2D eigenvalue weighted by Crippen LogP contribution is 2.42. The lowest BCUT2D eigenvalue weighted by Crippen LogP contribution is -2.50. The van der Waals surface area contributed by atoms with Gasteiger partial charge in [-0.25, -0.2) is 0 Å². The number of rotatable bonds is 3. The highest BCUT2D eigenvalue weighted by Gasteiger charge is 2.42. The van der Waals surface area contributed by atoms with Crippen molar-refractivity contribution >= 4 is 0 Å². The van der Waals surface area contributed by atoms with Gasteiger partial charge in [-0.15, -0.1) is 0 Å². The summed E-state index contributed by atoms with van der Waals surface area (Å²) < 4.78 is 0. The van der Waals surface area contributed by atoms with E-state index >= 15 is 0 Å². The van der Waals surface area contributed by atoms with E-state index in [1.54, 1.807) is 0 Å². The molecule has 0 aliphatic heterocycles. The topological polar surface area (TPSA) is 29.3 Å². The standard InChI is InChI=1S/C15H24N2/c1-12-8-4-5-9-13(12)14(16)15(17(2)3)10-6-7-11-15/h4-5,8-9,14H,6-7,10-11,16H2,1-3H3. The number of hydrogen-bond acceptors (Lipinski definition) is 2. The predicted molar refractivity (Wildman–Crippen MR) is 73.0 cm³/mol. The van der Waals surface area contributed by atoms with Crippen LogP contribution >= 0.6 is 0 Å². The fourth-order valence-electron chi connectivity index (χ4n) is 3.25. The molecule has 2 heteroatoms. The highest BCUT2D eigenvalue weighted by atomic mass is 15.2. The second kappa shape index (κ2) is 4.79. The average molecular weight is 232 g/mol. The molecule has 1 aliphatic rings. The SMILES string of the molecule is Cc1ccccc1C(N)C1(N(C)C)CCCC1. The molecule has 0 heterocycles. The molecule has 94 valence electrons. The van der Waals surface area contributed by atoms with E-state index in [0.29, 0.717) is 0 Å². The zero-order chi connectivity index (χ0) is 12.5. The maximum absolute atomic E-state index is 6.60. The minimum atomic E-state index is 0.126. The minimum absolute atomic E-state index is 0.126. The van der Waals surface area contributed by atoms with Crippen LogP contribution in [0.5, 0.6) is 0 Å². The maximum atomic E-state index is 6.60. The lowest BCUT2D eigenvalue weighted by Gasteiger charge is -2.42. The van der Waals surface area contributed by atoms with Gasteiger partial charge in [-0.3, -0.25) is 0 Å². The number of nitrogens with zero attached hydrogens (tertiary/aromatic N) is 1. The zero-order valence-electron chi connectivity index (χ0n) is 11.2. The number of likely N-dealkylation sites (N-methyl/N-ethyl adjacent to an activating group) is 1. The van der Waals surface area contributed by atoms with Gasteiger partial charge in [0.25, 0.3) is 0 Å². The summed E-state index contributed by atoms with van der Waals surface area (Å²) in [6.45, 7) is 2.16. The van der Waals surface area contributed by atoms with Crippen molar-refractivity contribution in [2.75, 3.05) is 14.1 Å². The summed E-state index contributed by atoms with van der Waals surface area (Å²) in [5, 5.41) is 0. The van der Waals surface area contributed by atoms with E-state index in [4.69, 9.17) is 5.73 Å². The number of benzene rings is 1. The second-order valence-corrected chi connectivity index (χ2v) is 5.54. The van der Waals surface area contributed by atoms with Crippen molar-refractivity contribution in [1.82, 2.24) is 4.90 Å². The van der Waals surface area contributed by atoms with Crippen LogP contribution < -0.4 is 5.73 Å². The third-order valence-electron chi connectivity index (χ3n) is 4.46. The molecule has 1 atom stereocenters. The van der Waals surface area contributed by atoms with Crippen LogP contribution in [0.4, 0.5) is 0 Å². The molecule has 1 aromatic carbocycles. The first kappa shape index (κ1) is 12.6. The van der Waals surface area contributed by atoms with Gasteiger partial charge >= 0.3 is 0 Å². The molecule has 0 saturated heterocycles. The Kier molecular flexibility index (Phi) is 3.55. The lowest BCUT2D eigenvalue weighted by atomic mass is 9.81. The van der Waals surface area contributed by atoms with E-state index in [2.05, 4.69) is 50.2 Å². The summed E-state index contributed by atoms with van der Waals surface area (Å²) in [6, 6.07) is 8.65. The molecule has 1 aromatic rings. The van der Waals surface area contributed by atoms with Crippen LogP contribution in [0.1, 0.15) is 42.9 Å². The Labute approximate surface area is 105 Å². The Hall–Kier alpha value is -0.860. The predicted octanol–water partition coefficient (Wildman–Crippen LogP) is 2.87. The van der Waals surface area contributed by atoms with Gasteiger partial charge in [-0.05, 0) is 45.0 Å². The molecular formula is C15H24N2. The zero-order valence-corrected chi connectivity index (χ0v) is 11.2. The summed E-state index contributed by atoms with van der Waals surface area (Å²) in [5.74, 6) is 0. The smallest absolute Gasteiger partial charge is 0.0484 e. The fourth-order valence-corrected chi connectivity index (χ4v) is 3.25. The fraction of sp³-hybridized carbons (Fsp3) is 0.600. The largest absolute Gasteiger partial charge is 0.322 e. The molecule has 1 saturated carbocycles. The summed E-state index contributed by atoms with van der Waals surface area (Å²) in [7, 11) is 4.34. The third kappa shape index (κ3) is 2.12.